The zero-order valence-electron chi connectivity index (χ0n) is 8.92. The van der Waals surface area contributed by atoms with Crippen LogP contribution < -0.4 is 5.32 Å². The summed E-state index contributed by atoms with van der Waals surface area (Å²) >= 11 is 0. The summed E-state index contributed by atoms with van der Waals surface area (Å²) in [5.41, 5.74) is 1.23. The Morgan fingerprint density at radius 2 is 1.86 bits per heavy atom. The first-order valence-electron chi connectivity index (χ1n) is 4.38. The van der Waals surface area contributed by atoms with Gasteiger partial charge in [-0.2, -0.15) is 5.10 Å². The second-order valence-electron chi connectivity index (χ2n) is 3.70. The normalized spacial score (nSPS) is 10.8. The van der Waals surface area contributed by atoms with Crippen LogP contribution >= 0.6 is 0 Å². The van der Waals surface area contributed by atoms with Crippen molar-refractivity contribution in [2.24, 2.45) is 0 Å². The van der Waals surface area contributed by atoms with Crippen LogP contribution in [0.3, 0.4) is 0 Å². The van der Waals surface area contributed by atoms with Crippen molar-refractivity contribution in [3.8, 4) is 12.3 Å². The lowest BCUT2D eigenvalue weighted by Crippen LogP contribution is -2.30. The SMILES string of the molecule is C#CC(C)(C)Nc1nnc(C)c(C)n1. The molecule has 0 radical (unpaired) electrons. The Hall–Kier alpha value is -1.63. The number of rotatable bonds is 2. The van der Waals surface area contributed by atoms with Crippen LogP contribution in [0.5, 0.6) is 0 Å². The minimum atomic E-state index is -0.455. The van der Waals surface area contributed by atoms with E-state index in [1.807, 2.05) is 27.7 Å². The van der Waals surface area contributed by atoms with Gasteiger partial charge < -0.3 is 5.32 Å². The number of nitrogens with zero attached hydrogens (tertiary/aromatic N) is 3. The molecule has 0 aliphatic heterocycles. The summed E-state index contributed by atoms with van der Waals surface area (Å²) < 4.78 is 0. The molecule has 1 heterocycles. The molecule has 0 saturated heterocycles. The maximum atomic E-state index is 5.33. The van der Waals surface area contributed by atoms with Crippen molar-refractivity contribution in [1.29, 1.82) is 0 Å². The molecule has 1 rings (SSSR count). The topological polar surface area (TPSA) is 50.7 Å². The molecule has 0 atom stereocenters. The molecule has 14 heavy (non-hydrogen) atoms. The fourth-order valence-electron chi connectivity index (χ4n) is 0.825. The summed E-state index contributed by atoms with van der Waals surface area (Å²) in [6.45, 7) is 7.51. The predicted molar refractivity (Wildman–Crippen MR) is 55.8 cm³/mol. The smallest absolute Gasteiger partial charge is 0.244 e. The van der Waals surface area contributed by atoms with Gasteiger partial charge in [-0.15, -0.1) is 11.5 Å². The quantitative estimate of drug-likeness (QED) is 0.714. The molecular formula is C10H14N4. The van der Waals surface area contributed by atoms with Crippen LogP contribution in [0.4, 0.5) is 5.95 Å². The Labute approximate surface area is 84.2 Å². The third-order valence-electron chi connectivity index (χ3n) is 1.88. The number of nitrogens with one attached hydrogen (secondary N) is 1. The minimum Gasteiger partial charge on any atom is -0.337 e. The third-order valence-corrected chi connectivity index (χ3v) is 1.88. The maximum absolute atomic E-state index is 5.33. The summed E-state index contributed by atoms with van der Waals surface area (Å²) in [4.78, 5) is 4.23. The van der Waals surface area contributed by atoms with Gasteiger partial charge in [0.1, 0.15) is 0 Å². The fraction of sp³-hybridized carbons (Fsp3) is 0.500. The number of terminal acetylenes is 1. The molecule has 0 amide bonds. The van der Waals surface area contributed by atoms with E-state index in [1.165, 1.54) is 0 Å². The minimum absolute atomic E-state index is 0.455. The Kier molecular flexibility index (Phi) is 2.70. The Bertz CT molecular complexity index is 376. The van der Waals surface area contributed by atoms with Gasteiger partial charge >= 0.3 is 0 Å². The van der Waals surface area contributed by atoms with E-state index in [4.69, 9.17) is 6.42 Å². The van der Waals surface area contributed by atoms with Crippen molar-refractivity contribution in [2.75, 3.05) is 5.32 Å². The summed E-state index contributed by atoms with van der Waals surface area (Å²) in [5, 5.41) is 10.9. The first kappa shape index (κ1) is 10.5. The largest absolute Gasteiger partial charge is 0.337 e. The van der Waals surface area contributed by atoms with Gasteiger partial charge in [0.2, 0.25) is 5.95 Å². The highest BCUT2D eigenvalue weighted by molar-refractivity contribution is 5.33. The van der Waals surface area contributed by atoms with Gasteiger partial charge in [0, 0.05) is 0 Å². The molecule has 0 spiro atoms. The van der Waals surface area contributed by atoms with E-state index < -0.39 is 5.54 Å². The van der Waals surface area contributed by atoms with Gasteiger partial charge in [-0.3, -0.25) is 0 Å². The van der Waals surface area contributed by atoms with Crippen LogP contribution in [0.15, 0.2) is 0 Å². The second kappa shape index (κ2) is 3.62. The van der Waals surface area contributed by atoms with E-state index in [0.717, 1.165) is 11.4 Å². The lowest BCUT2D eigenvalue weighted by atomic mass is 10.1. The molecule has 1 aromatic heterocycles. The Morgan fingerprint density at radius 3 is 2.36 bits per heavy atom. The highest BCUT2D eigenvalue weighted by Gasteiger charge is 2.15. The van der Waals surface area contributed by atoms with Gasteiger partial charge in [-0.1, -0.05) is 5.92 Å². The Balaban J connectivity index is 2.90. The number of anilines is 1. The molecule has 74 valence electrons. The predicted octanol–water partition coefficient (Wildman–Crippen LogP) is 1.31. The van der Waals surface area contributed by atoms with E-state index in [9.17, 15) is 0 Å². The van der Waals surface area contributed by atoms with Crippen LogP contribution in [0.25, 0.3) is 0 Å². The van der Waals surface area contributed by atoms with E-state index >= 15 is 0 Å². The second-order valence-corrected chi connectivity index (χ2v) is 3.70. The van der Waals surface area contributed by atoms with Gasteiger partial charge in [-0.25, -0.2) is 4.98 Å². The molecule has 0 aliphatic rings. The first-order valence-corrected chi connectivity index (χ1v) is 4.38. The fourth-order valence-corrected chi connectivity index (χ4v) is 0.825. The average molecular weight is 190 g/mol. The molecule has 4 nitrogen and oxygen atoms in total. The van der Waals surface area contributed by atoms with Gasteiger partial charge in [-0.05, 0) is 27.7 Å². The van der Waals surface area contributed by atoms with Gasteiger partial charge in [0.05, 0.1) is 16.9 Å². The molecule has 0 saturated carbocycles. The molecule has 0 bridgehead atoms. The van der Waals surface area contributed by atoms with Crippen LogP contribution in [-0.2, 0) is 0 Å². The standard InChI is InChI=1S/C10H14N4/c1-6-10(4,5)12-9-11-7(2)8(3)13-14-9/h1H,2-5H3,(H,11,12,14). The van der Waals surface area contributed by atoms with E-state index in [1.54, 1.807) is 0 Å². The van der Waals surface area contributed by atoms with Gasteiger partial charge in [0.25, 0.3) is 0 Å². The monoisotopic (exact) mass is 190 g/mol. The van der Waals surface area contributed by atoms with Gasteiger partial charge in [0.15, 0.2) is 0 Å². The van der Waals surface area contributed by atoms with Crippen molar-refractivity contribution < 1.29 is 0 Å². The molecular weight excluding hydrogens is 176 g/mol. The van der Waals surface area contributed by atoms with Crippen molar-refractivity contribution >= 4 is 5.95 Å². The molecule has 0 aromatic carbocycles. The molecule has 0 aliphatic carbocycles. The lowest BCUT2D eigenvalue weighted by Gasteiger charge is -2.19. The summed E-state index contributed by atoms with van der Waals surface area (Å²) in [6, 6.07) is 0. The van der Waals surface area contributed by atoms with Crippen molar-refractivity contribution in [2.45, 2.75) is 33.2 Å². The van der Waals surface area contributed by atoms with Crippen molar-refractivity contribution in [3.63, 3.8) is 0 Å². The zero-order valence-corrected chi connectivity index (χ0v) is 8.92. The molecule has 0 unspecified atom stereocenters. The molecule has 0 fully saturated rings. The van der Waals surface area contributed by atoms with E-state index in [2.05, 4.69) is 26.4 Å². The van der Waals surface area contributed by atoms with E-state index in [0.29, 0.717) is 5.95 Å². The molecule has 1 aromatic rings. The number of aryl methyl sites for hydroxylation is 2. The third kappa shape index (κ3) is 2.43. The number of hydrogen-bond donors (Lipinski definition) is 1. The van der Waals surface area contributed by atoms with Crippen LogP contribution in [-0.4, -0.2) is 20.7 Å². The highest BCUT2D eigenvalue weighted by atomic mass is 15.3. The molecule has 1 N–H and O–H groups in total. The molecule has 4 heteroatoms. The zero-order chi connectivity index (χ0) is 10.8. The summed E-state index contributed by atoms with van der Waals surface area (Å²) in [7, 11) is 0. The summed E-state index contributed by atoms with van der Waals surface area (Å²) in [5.74, 6) is 3.07. The number of aromatic nitrogens is 3. The number of hydrogen-bond acceptors (Lipinski definition) is 4. The van der Waals surface area contributed by atoms with E-state index in [-0.39, 0.29) is 0 Å². The lowest BCUT2D eigenvalue weighted by molar-refractivity contribution is 0.717. The first-order chi connectivity index (χ1) is 6.44. The highest BCUT2D eigenvalue weighted by Crippen LogP contribution is 2.09. The van der Waals surface area contributed by atoms with Crippen molar-refractivity contribution in [3.05, 3.63) is 11.4 Å². The van der Waals surface area contributed by atoms with Crippen molar-refractivity contribution in [1.82, 2.24) is 15.2 Å². The average Bonchev–Trinajstić information content (AvgIpc) is 2.11. The maximum Gasteiger partial charge on any atom is 0.244 e. The Morgan fingerprint density at radius 1 is 1.21 bits per heavy atom. The van der Waals surface area contributed by atoms with Crippen LogP contribution in [0.2, 0.25) is 0 Å². The summed E-state index contributed by atoms with van der Waals surface area (Å²) in [6.07, 6.45) is 5.33. The van der Waals surface area contributed by atoms with Crippen LogP contribution in [0, 0.1) is 26.2 Å². The van der Waals surface area contributed by atoms with Crippen LogP contribution in [0.1, 0.15) is 25.2 Å².